The Bertz CT molecular complexity index is 298. The second-order valence-corrected chi connectivity index (χ2v) is 3.85. The van der Waals surface area contributed by atoms with Gasteiger partial charge in [0.2, 0.25) is 0 Å². The van der Waals surface area contributed by atoms with Crippen LogP contribution in [0.1, 0.15) is 31.7 Å². The number of carboxylic acids is 1. The van der Waals surface area contributed by atoms with Gasteiger partial charge in [0, 0.05) is 11.9 Å². The number of aliphatic carboxylic acids is 1. The fraction of sp³-hybridized carbons (Fsp3) is 0.462. The standard InChI is InChI=1S/C13H18O2.Na/c1-2-3-9-12(13(14)15)10-11-7-5-4-6-8-11;/h4-8,12H,2-3,9-10H2,1H3,(H,14,15);/q;+1/p-1. The van der Waals surface area contributed by atoms with Gasteiger partial charge in [-0.2, -0.15) is 0 Å². The van der Waals surface area contributed by atoms with E-state index in [9.17, 15) is 9.90 Å². The number of hydrogen-bond donors (Lipinski definition) is 0. The smallest absolute Gasteiger partial charge is 0.550 e. The second-order valence-electron chi connectivity index (χ2n) is 3.85. The summed E-state index contributed by atoms with van der Waals surface area (Å²) in [6.45, 7) is 2.06. The summed E-state index contributed by atoms with van der Waals surface area (Å²) in [6, 6.07) is 9.72. The van der Waals surface area contributed by atoms with Crippen molar-refractivity contribution in [1.82, 2.24) is 0 Å². The number of carbonyl (C=O) groups excluding carboxylic acids is 1. The number of benzene rings is 1. The fourth-order valence-corrected chi connectivity index (χ4v) is 1.65. The van der Waals surface area contributed by atoms with Crippen molar-refractivity contribution < 1.29 is 39.5 Å². The number of hydrogen-bond acceptors (Lipinski definition) is 2. The van der Waals surface area contributed by atoms with E-state index in [1.54, 1.807) is 0 Å². The first-order valence-electron chi connectivity index (χ1n) is 5.48. The largest absolute Gasteiger partial charge is 1.00 e. The summed E-state index contributed by atoms with van der Waals surface area (Å²) < 4.78 is 0. The van der Waals surface area contributed by atoms with Crippen LogP contribution in [-0.2, 0) is 11.2 Å². The van der Waals surface area contributed by atoms with Crippen LogP contribution in [0, 0.1) is 5.92 Å². The zero-order valence-electron chi connectivity index (χ0n) is 10.1. The maximum absolute atomic E-state index is 10.9. The molecule has 0 aliphatic carbocycles. The molecule has 0 aromatic heterocycles. The van der Waals surface area contributed by atoms with Crippen LogP contribution in [-0.4, -0.2) is 5.97 Å². The van der Waals surface area contributed by atoms with Gasteiger partial charge in [-0.05, 0) is 18.4 Å². The second kappa shape index (κ2) is 8.80. The summed E-state index contributed by atoms with van der Waals surface area (Å²) in [5.74, 6) is -1.26. The first-order chi connectivity index (χ1) is 7.24. The van der Waals surface area contributed by atoms with E-state index in [1.165, 1.54) is 0 Å². The molecule has 0 bridgehead atoms. The maximum atomic E-state index is 10.9. The molecule has 0 fully saturated rings. The molecule has 0 saturated heterocycles. The third-order valence-corrected chi connectivity index (χ3v) is 2.56. The molecule has 1 atom stereocenters. The van der Waals surface area contributed by atoms with Crippen molar-refractivity contribution in [3.8, 4) is 0 Å². The predicted octanol–water partition coefficient (Wildman–Crippen LogP) is -1.21. The quantitative estimate of drug-likeness (QED) is 0.573. The summed E-state index contributed by atoms with van der Waals surface area (Å²) in [4.78, 5) is 10.9. The molecule has 0 aliphatic rings. The summed E-state index contributed by atoms with van der Waals surface area (Å²) in [5, 5.41) is 10.9. The molecule has 16 heavy (non-hydrogen) atoms. The van der Waals surface area contributed by atoms with Crippen LogP contribution in [0.3, 0.4) is 0 Å². The number of carbonyl (C=O) groups is 1. The Labute approximate surface area is 119 Å². The Hall–Kier alpha value is -0.310. The number of unbranched alkanes of at least 4 members (excludes halogenated alkanes) is 1. The van der Waals surface area contributed by atoms with E-state index in [0.29, 0.717) is 12.8 Å². The maximum Gasteiger partial charge on any atom is 1.00 e. The van der Waals surface area contributed by atoms with Crippen LogP contribution < -0.4 is 34.7 Å². The minimum absolute atomic E-state index is 0. The fourth-order valence-electron chi connectivity index (χ4n) is 1.65. The zero-order chi connectivity index (χ0) is 11.1. The Morgan fingerprint density at radius 2 is 1.94 bits per heavy atom. The molecule has 0 aliphatic heterocycles. The number of carboxylic acid groups (broad SMARTS) is 1. The van der Waals surface area contributed by atoms with E-state index < -0.39 is 5.97 Å². The van der Waals surface area contributed by atoms with Crippen molar-refractivity contribution in [2.24, 2.45) is 5.92 Å². The van der Waals surface area contributed by atoms with E-state index in [1.807, 2.05) is 30.3 Å². The van der Waals surface area contributed by atoms with E-state index >= 15 is 0 Å². The van der Waals surface area contributed by atoms with Crippen LogP contribution >= 0.6 is 0 Å². The van der Waals surface area contributed by atoms with E-state index in [0.717, 1.165) is 18.4 Å². The van der Waals surface area contributed by atoms with Gasteiger partial charge in [-0.15, -0.1) is 0 Å². The van der Waals surface area contributed by atoms with Crippen LogP contribution in [0.5, 0.6) is 0 Å². The van der Waals surface area contributed by atoms with Gasteiger partial charge in [0.1, 0.15) is 0 Å². The Balaban J connectivity index is 0.00000225. The van der Waals surface area contributed by atoms with Crippen molar-refractivity contribution in [3.05, 3.63) is 35.9 Å². The molecular weight excluding hydrogens is 211 g/mol. The molecule has 0 saturated carbocycles. The Morgan fingerprint density at radius 3 is 2.44 bits per heavy atom. The average molecular weight is 228 g/mol. The van der Waals surface area contributed by atoms with Crippen LogP contribution in [0.25, 0.3) is 0 Å². The molecular formula is C13H17NaO2. The predicted molar refractivity (Wildman–Crippen MR) is 58.2 cm³/mol. The molecule has 1 aromatic rings. The van der Waals surface area contributed by atoms with E-state index in [4.69, 9.17) is 0 Å². The molecule has 0 spiro atoms. The molecule has 2 nitrogen and oxygen atoms in total. The monoisotopic (exact) mass is 228 g/mol. The summed E-state index contributed by atoms with van der Waals surface area (Å²) in [5.41, 5.74) is 1.07. The third-order valence-electron chi connectivity index (χ3n) is 2.56. The van der Waals surface area contributed by atoms with E-state index in [-0.39, 0.29) is 35.5 Å². The van der Waals surface area contributed by atoms with Gasteiger partial charge < -0.3 is 9.90 Å². The van der Waals surface area contributed by atoms with Crippen molar-refractivity contribution in [2.45, 2.75) is 32.6 Å². The van der Waals surface area contributed by atoms with Gasteiger partial charge in [0.25, 0.3) is 0 Å². The van der Waals surface area contributed by atoms with Crippen molar-refractivity contribution >= 4 is 5.97 Å². The summed E-state index contributed by atoms with van der Waals surface area (Å²) >= 11 is 0. The summed E-state index contributed by atoms with van der Waals surface area (Å²) in [6.07, 6.45) is 3.28. The molecule has 1 unspecified atom stereocenters. The molecule has 3 heteroatoms. The first kappa shape index (κ1) is 15.7. The number of rotatable bonds is 6. The molecule has 1 rings (SSSR count). The minimum Gasteiger partial charge on any atom is -0.550 e. The SMILES string of the molecule is CCCCC(Cc1ccccc1)C(=O)[O-].[Na+]. The van der Waals surface area contributed by atoms with Crippen molar-refractivity contribution in [1.29, 1.82) is 0 Å². The molecule has 0 amide bonds. The molecule has 0 N–H and O–H groups in total. The molecule has 0 radical (unpaired) electrons. The molecule has 82 valence electrons. The molecule has 0 heterocycles. The average Bonchev–Trinajstić information content (AvgIpc) is 2.25. The van der Waals surface area contributed by atoms with Gasteiger partial charge >= 0.3 is 29.6 Å². The van der Waals surface area contributed by atoms with Gasteiger partial charge in [-0.3, -0.25) is 0 Å². The summed E-state index contributed by atoms with van der Waals surface area (Å²) in [7, 11) is 0. The zero-order valence-corrected chi connectivity index (χ0v) is 12.1. The van der Waals surface area contributed by atoms with Gasteiger partial charge in [-0.25, -0.2) is 0 Å². The van der Waals surface area contributed by atoms with E-state index in [2.05, 4.69) is 6.92 Å². The van der Waals surface area contributed by atoms with Gasteiger partial charge in [0.05, 0.1) is 0 Å². The Kier molecular flexibility index (Phi) is 8.63. The third kappa shape index (κ3) is 5.69. The van der Waals surface area contributed by atoms with Crippen molar-refractivity contribution in [3.63, 3.8) is 0 Å². The topological polar surface area (TPSA) is 40.1 Å². The normalized spacial score (nSPS) is 11.6. The van der Waals surface area contributed by atoms with Gasteiger partial charge in [0.15, 0.2) is 0 Å². The van der Waals surface area contributed by atoms with Crippen LogP contribution in [0.2, 0.25) is 0 Å². The molecule has 1 aromatic carbocycles. The van der Waals surface area contributed by atoms with Crippen LogP contribution in [0.15, 0.2) is 30.3 Å². The van der Waals surface area contributed by atoms with Gasteiger partial charge in [-0.1, -0.05) is 50.1 Å². The Morgan fingerprint density at radius 1 is 1.31 bits per heavy atom. The van der Waals surface area contributed by atoms with Crippen LogP contribution in [0.4, 0.5) is 0 Å². The first-order valence-corrected chi connectivity index (χ1v) is 5.48. The minimum atomic E-state index is -0.924. The van der Waals surface area contributed by atoms with Crippen molar-refractivity contribution in [2.75, 3.05) is 0 Å².